The van der Waals surface area contributed by atoms with Crippen molar-refractivity contribution in [2.24, 2.45) is 0 Å². The number of benzene rings is 1. The first-order chi connectivity index (χ1) is 11.2. The molecular formula is C18H26N4O. The Bertz CT molecular complexity index is 590. The molecule has 1 atom stereocenters. The van der Waals surface area contributed by atoms with Crippen LogP contribution in [0.3, 0.4) is 0 Å². The van der Waals surface area contributed by atoms with Crippen molar-refractivity contribution < 1.29 is 4.52 Å². The molecule has 1 aromatic carbocycles. The summed E-state index contributed by atoms with van der Waals surface area (Å²) in [5.74, 6) is 1.45. The molecule has 0 N–H and O–H groups in total. The van der Waals surface area contributed by atoms with Gasteiger partial charge in [0.25, 0.3) is 0 Å². The Morgan fingerprint density at radius 3 is 2.52 bits per heavy atom. The van der Waals surface area contributed by atoms with Crippen LogP contribution in [-0.4, -0.2) is 52.7 Å². The summed E-state index contributed by atoms with van der Waals surface area (Å²) >= 11 is 0. The molecular weight excluding hydrogens is 288 g/mol. The topological polar surface area (TPSA) is 45.4 Å². The van der Waals surface area contributed by atoms with Crippen LogP contribution in [0.15, 0.2) is 34.9 Å². The van der Waals surface area contributed by atoms with Gasteiger partial charge in [-0.25, -0.2) is 0 Å². The predicted octanol–water partition coefficient (Wildman–Crippen LogP) is 2.69. The minimum atomic E-state index is 0.211. The van der Waals surface area contributed by atoms with Crippen molar-refractivity contribution in [3.8, 4) is 0 Å². The van der Waals surface area contributed by atoms with E-state index in [2.05, 4.69) is 57.2 Å². The van der Waals surface area contributed by atoms with Gasteiger partial charge in [-0.05, 0) is 38.8 Å². The first kappa shape index (κ1) is 16.1. The van der Waals surface area contributed by atoms with Gasteiger partial charge >= 0.3 is 0 Å². The Kier molecular flexibility index (Phi) is 5.41. The van der Waals surface area contributed by atoms with Gasteiger partial charge in [-0.3, -0.25) is 4.90 Å². The van der Waals surface area contributed by atoms with Gasteiger partial charge in [-0.15, -0.1) is 0 Å². The minimum Gasteiger partial charge on any atom is -0.338 e. The molecule has 23 heavy (non-hydrogen) atoms. The van der Waals surface area contributed by atoms with Gasteiger partial charge in [0.1, 0.15) is 0 Å². The predicted molar refractivity (Wildman–Crippen MR) is 90.2 cm³/mol. The molecule has 1 saturated heterocycles. The lowest BCUT2D eigenvalue weighted by Crippen LogP contribution is -2.47. The molecule has 0 amide bonds. The van der Waals surface area contributed by atoms with Crippen molar-refractivity contribution in [1.29, 1.82) is 0 Å². The van der Waals surface area contributed by atoms with Crippen LogP contribution in [0.5, 0.6) is 0 Å². The summed E-state index contributed by atoms with van der Waals surface area (Å²) in [6.45, 7) is 9.56. The van der Waals surface area contributed by atoms with Crippen LogP contribution in [0.4, 0.5) is 0 Å². The molecule has 0 saturated carbocycles. The normalized spacial score (nSPS) is 18.2. The molecule has 1 aromatic heterocycles. The van der Waals surface area contributed by atoms with Crippen molar-refractivity contribution in [2.75, 3.05) is 32.7 Å². The fourth-order valence-corrected chi connectivity index (χ4v) is 3.16. The van der Waals surface area contributed by atoms with Crippen LogP contribution in [0, 0.1) is 6.92 Å². The largest absolute Gasteiger partial charge is 0.338 e. The van der Waals surface area contributed by atoms with Crippen LogP contribution in [0.2, 0.25) is 0 Å². The van der Waals surface area contributed by atoms with Crippen LogP contribution >= 0.6 is 0 Å². The molecule has 0 bridgehead atoms. The molecule has 0 radical (unpaired) electrons. The maximum Gasteiger partial charge on any atom is 0.243 e. The first-order valence-corrected chi connectivity index (χ1v) is 8.53. The number of rotatable bonds is 6. The third kappa shape index (κ3) is 4.39. The van der Waals surface area contributed by atoms with Crippen LogP contribution < -0.4 is 0 Å². The second-order valence-corrected chi connectivity index (χ2v) is 6.32. The zero-order chi connectivity index (χ0) is 16.1. The van der Waals surface area contributed by atoms with Gasteiger partial charge in [0.15, 0.2) is 5.82 Å². The van der Waals surface area contributed by atoms with E-state index in [1.807, 2.05) is 6.92 Å². The van der Waals surface area contributed by atoms with E-state index < -0.39 is 0 Å². The van der Waals surface area contributed by atoms with E-state index in [9.17, 15) is 0 Å². The SMILES string of the molecule is Cc1noc(C(C)N2CCN(CCCc3ccccc3)CC2)n1. The number of aromatic nitrogens is 2. The van der Waals surface area contributed by atoms with Crippen LogP contribution in [0.1, 0.15) is 36.7 Å². The third-order valence-electron chi connectivity index (χ3n) is 4.64. The molecule has 1 fully saturated rings. The second kappa shape index (κ2) is 7.70. The maximum absolute atomic E-state index is 5.30. The molecule has 1 aliphatic rings. The molecule has 5 nitrogen and oxygen atoms in total. The summed E-state index contributed by atoms with van der Waals surface area (Å²) in [4.78, 5) is 9.35. The highest BCUT2D eigenvalue weighted by molar-refractivity contribution is 5.14. The van der Waals surface area contributed by atoms with E-state index in [4.69, 9.17) is 4.52 Å². The van der Waals surface area contributed by atoms with Gasteiger partial charge in [-0.1, -0.05) is 35.5 Å². The standard InChI is InChI=1S/C18H26N4O/c1-15(18-19-16(2)20-23-18)22-13-11-21(12-14-22)10-6-9-17-7-4-3-5-8-17/h3-5,7-8,15H,6,9-14H2,1-2H3. The maximum atomic E-state index is 5.30. The lowest BCUT2D eigenvalue weighted by molar-refractivity contribution is 0.0878. The van der Waals surface area contributed by atoms with Crippen molar-refractivity contribution >= 4 is 0 Å². The average Bonchev–Trinajstić information content (AvgIpc) is 3.02. The highest BCUT2D eigenvalue weighted by Gasteiger charge is 2.25. The van der Waals surface area contributed by atoms with Crippen LogP contribution in [0.25, 0.3) is 0 Å². The smallest absolute Gasteiger partial charge is 0.243 e. The summed E-state index contributed by atoms with van der Waals surface area (Å²) in [5, 5.41) is 3.89. The monoisotopic (exact) mass is 314 g/mol. The van der Waals surface area contributed by atoms with E-state index >= 15 is 0 Å². The zero-order valence-corrected chi connectivity index (χ0v) is 14.1. The Labute approximate surface area is 138 Å². The summed E-state index contributed by atoms with van der Waals surface area (Å²) < 4.78 is 5.30. The van der Waals surface area contributed by atoms with Crippen LogP contribution in [-0.2, 0) is 6.42 Å². The lowest BCUT2D eigenvalue weighted by atomic mass is 10.1. The molecule has 1 aliphatic heterocycles. The highest BCUT2D eigenvalue weighted by Crippen LogP contribution is 2.20. The third-order valence-corrected chi connectivity index (χ3v) is 4.64. The Hall–Kier alpha value is -1.72. The Morgan fingerprint density at radius 1 is 1.13 bits per heavy atom. The summed E-state index contributed by atoms with van der Waals surface area (Å²) in [7, 11) is 0. The fraction of sp³-hybridized carbons (Fsp3) is 0.556. The number of piperazine rings is 1. The highest BCUT2D eigenvalue weighted by atomic mass is 16.5. The molecule has 2 aromatic rings. The molecule has 3 rings (SSSR count). The number of aryl methyl sites for hydroxylation is 2. The van der Waals surface area contributed by atoms with Crippen molar-refractivity contribution in [1.82, 2.24) is 19.9 Å². The molecule has 0 spiro atoms. The number of hydrogen-bond donors (Lipinski definition) is 0. The van der Waals surface area contributed by atoms with E-state index in [-0.39, 0.29) is 6.04 Å². The molecule has 5 heteroatoms. The molecule has 124 valence electrons. The van der Waals surface area contributed by atoms with Gasteiger partial charge in [-0.2, -0.15) is 4.98 Å². The van der Waals surface area contributed by atoms with E-state index in [0.29, 0.717) is 5.82 Å². The summed E-state index contributed by atoms with van der Waals surface area (Å²) in [6.07, 6.45) is 2.39. The minimum absolute atomic E-state index is 0.211. The number of nitrogens with zero attached hydrogens (tertiary/aromatic N) is 4. The molecule has 2 heterocycles. The van der Waals surface area contributed by atoms with E-state index in [1.54, 1.807) is 0 Å². The Balaban J connectivity index is 1.40. The van der Waals surface area contributed by atoms with Gasteiger partial charge < -0.3 is 9.42 Å². The van der Waals surface area contributed by atoms with Gasteiger partial charge in [0, 0.05) is 26.2 Å². The molecule has 0 aliphatic carbocycles. The summed E-state index contributed by atoms with van der Waals surface area (Å²) in [6, 6.07) is 11.0. The van der Waals surface area contributed by atoms with E-state index in [0.717, 1.165) is 32.1 Å². The second-order valence-electron chi connectivity index (χ2n) is 6.32. The summed E-state index contributed by atoms with van der Waals surface area (Å²) in [5.41, 5.74) is 1.44. The first-order valence-electron chi connectivity index (χ1n) is 8.53. The fourth-order valence-electron chi connectivity index (χ4n) is 3.16. The zero-order valence-electron chi connectivity index (χ0n) is 14.1. The lowest BCUT2D eigenvalue weighted by Gasteiger charge is -2.36. The Morgan fingerprint density at radius 2 is 1.87 bits per heavy atom. The number of hydrogen-bond acceptors (Lipinski definition) is 5. The molecule has 1 unspecified atom stereocenters. The average molecular weight is 314 g/mol. The van der Waals surface area contributed by atoms with Crippen molar-refractivity contribution in [3.05, 3.63) is 47.6 Å². The van der Waals surface area contributed by atoms with Crippen molar-refractivity contribution in [2.45, 2.75) is 32.7 Å². The quantitative estimate of drug-likeness (QED) is 0.820. The van der Waals surface area contributed by atoms with Gasteiger partial charge in [0.2, 0.25) is 5.89 Å². The van der Waals surface area contributed by atoms with E-state index in [1.165, 1.54) is 24.9 Å². The van der Waals surface area contributed by atoms with Gasteiger partial charge in [0.05, 0.1) is 6.04 Å². The van der Waals surface area contributed by atoms with Crippen molar-refractivity contribution in [3.63, 3.8) is 0 Å².